The molecule has 0 aliphatic heterocycles. The van der Waals surface area contributed by atoms with Crippen LogP contribution >= 0.6 is 0 Å². The highest BCUT2D eigenvalue weighted by Gasteiger charge is 2.33. The van der Waals surface area contributed by atoms with Gasteiger partial charge in [-0.2, -0.15) is 0 Å². The number of hydrogen-bond donors (Lipinski definition) is 1. The molecule has 1 heterocycles. The summed E-state index contributed by atoms with van der Waals surface area (Å²) in [5.74, 6) is -0.539. The number of anilines is 1. The fourth-order valence-electron chi connectivity index (χ4n) is 2.98. The predicted octanol–water partition coefficient (Wildman–Crippen LogP) is 3.84. The summed E-state index contributed by atoms with van der Waals surface area (Å²) in [5.41, 5.74) is 0.580. The van der Waals surface area contributed by atoms with Gasteiger partial charge in [0.1, 0.15) is 16.9 Å². The van der Waals surface area contributed by atoms with E-state index in [1.165, 1.54) is 27.4 Å². The van der Waals surface area contributed by atoms with E-state index in [0.29, 0.717) is 22.7 Å². The summed E-state index contributed by atoms with van der Waals surface area (Å²) >= 11 is 0. The molecule has 1 aromatic heterocycles. The van der Waals surface area contributed by atoms with Crippen LogP contribution in [-0.2, 0) is 0 Å². The van der Waals surface area contributed by atoms with Crippen molar-refractivity contribution in [2.45, 2.75) is 6.92 Å². The number of benzene rings is 2. The molecule has 10 heteroatoms. The van der Waals surface area contributed by atoms with Crippen molar-refractivity contribution < 1.29 is 28.5 Å². The second kappa shape index (κ2) is 8.52. The number of nitrogens with one attached hydrogen (secondary N) is 1. The summed E-state index contributed by atoms with van der Waals surface area (Å²) in [6.45, 7) is 1.65. The molecule has 0 atom stereocenters. The first-order chi connectivity index (χ1) is 14.4. The summed E-state index contributed by atoms with van der Waals surface area (Å²) in [6.07, 6.45) is 0. The fraction of sp³-hybridized carbons (Fsp3) is 0.200. The number of carbonyl (C=O) groups is 1. The average molecular weight is 413 g/mol. The Labute approximate surface area is 171 Å². The molecular weight excluding hydrogens is 394 g/mol. The molecule has 1 N–H and O–H groups in total. The Hall–Kier alpha value is -4.08. The molecule has 0 aliphatic rings. The number of hydrogen-bond acceptors (Lipinski definition) is 8. The molecule has 156 valence electrons. The van der Waals surface area contributed by atoms with Gasteiger partial charge in [0.2, 0.25) is 11.5 Å². The van der Waals surface area contributed by atoms with Gasteiger partial charge in [-0.15, -0.1) is 0 Å². The van der Waals surface area contributed by atoms with Crippen LogP contribution in [0.3, 0.4) is 0 Å². The van der Waals surface area contributed by atoms with Crippen LogP contribution in [-0.4, -0.2) is 37.3 Å². The van der Waals surface area contributed by atoms with Crippen LogP contribution < -0.4 is 19.5 Å². The van der Waals surface area contributed by atoms with E-state index in [1.54, 1.807) is 19.1 Å². The van der Waals surface area contributed by atoms with Crippen molar-refractivity contribution in [2.75, 3.05) is 26.6 Å². The molecule has 0 radical (unpaired) electrons. The zero-order valence-electron chi connectivity index (χ0n) is 16.7. The summed E-state index contributed by atoms with van der Waals surface area (Å²) in [7, 11) is 3.91. The number of ether oxygens (including phenoxy) is 3. The quantitative estimate of drug-likeness (QED) is 0.457. The molecule has 10 nitrogen and oxygen atoms in total. The normalized spacial score (nSPS) is 10.4. The Morgan fingerprint density at radius 1 is 1.10 bits per heavy atom. The van der Waals surface area contributed by atoms with Crippen LogP contribution in [0.4, 0.5) is 11.4 Å². The van der Waals surface area contributed by atoms with Crippen LogP contribution in [0.5, 0.6) is 17.2 Å². The van der Waals surface area contributed by atoms with Gasteiger partial charge in [-0.3, -0.25) is 14.9 Å². The molecule has 0 saturated heterocycles. The van der Waals surface area contributed by atoms with Crippen molar-refractivity contribution in [1.29, 1.82) is 0 Å². The molecular formula is C20H19N3O7. The minimum Gasteiger partial charge on any atom is -0.493 e. The van der Waals surface area contributed by atoms with E-state index in [2.05, 4.69) is 10.5 Å². The second-order valence-electron chi connectivity index (χ2n) is 6.09. The molecule has 0 aliphatic carbocycles. The third-order valence-corrected chi connectivity index (χ3v) is 4.37. The number of aryl methyl sites for hydroxylation is 1. The number of methoxy groups -OCH3 is 3. The third-order valence-electron chi connectivity index (χ3n) is 4.37. The molecule has 0 unspecified atom stereocenters. The van der Waals surface area contributed by atoms with Crippen LogP contribution in [0.2, 0.25) is 0 Å². The van der Waals surface area contributed by atoms with Crippen LogP contribution in [0.25, 0.3) is 11.3 Å². The molecule has 0 bridgehead atoms. The summed E-state index contributed by atoms with van der Waals surface area (Å²) in [4.78, 5) is 24.1. The van der Waals surface area contributed by atoms with Crippen molar-refractivity contribution in [3.8, 4) is 28.6 Å². The number of rotatable bonds is 7. The third kappa shape index (κ3) is 3.62. The van der Waals surface area contributed by atoms with E-state index in [0.717, 1.165) is 0 Å². The smallest absolute Gasteiger partial charge is 0.327 e. The topological polar surface area (TPSA) is 126 Å². The monoisotopic (exact) mass is 413 g/mol. The van der Waals surface area contributed by atoms with Gasteiger partial charge in [0.25, 0.3) is 5.91 Å². The maximum Gasteiger partial charge on any atom is 0.327 e. The molecule has 2 aromatic carbocycles. The van der Waals surface area contributed by atoms with E-state index in [9.17, 15) is 14.9 Å². The van der Waals surface area contributed by atoms with Crippen molar-refractivity contribution in [2.24, 2.45) is 0 Å². The van der Waals surface area contributed by atoms with Crippen molar-refractivity contribution in [3.63, 3.8) is 0 Å². The Morgan fingerprint density at radius 3 is 2.33 bits per heavy atom. The maximum absolute atomic E-state index is 13.1. The summed E-state index contributed by atoms with van der Waals surface area (Å²) in [5, 5.41) is 18.3. The zero-order chi connectivity index (χ0) is 21.8. The number of amides is 1. The Bertz CT molecular complexity index is 1090. The van der Waals surface area contributed by atoms with Gasteiger partial charge in [0.05, 0.1) is 26.3 Å². The van der Waals surface area contributed by atoms with Crippen molar-refractivity contribution in [1.82, 2.24) is 5.16 Å². The zero-order valence-corrected chi connectivity index (χ0v) is 16.7. The Kier molecular flexibility index (Phi) is 5.86. The maximum atomic E-state index is 13.1. The molecule has 0 saturated carbocycles. The summed E-state index contributed by atoms with van der Waals surface area (Å²) < 4.78 is 20.9. The number of aromatic nitrogens is 1. The molecule has 0 spiro atoms. The molecule has 3 aromatic rings. The fourth-order valence-corrected chi connectivity index (χ4v) is 2.98. The van der Waals surface area contributed by atoms with Gasteiger partial charge in [-0.25, -0.2) is 0 Å². The lowest BCUT2D eigenvalue weighted by atomic mass is 10.1. The van der Waals surface area contributed by atoms with E-state index < -0.39 is 16.5 Å². The van der Waals surface area contributed by atoms with E-state index in [1.807, 2.05) is 18.2 Å². The lowest BCUT2D eigenvalue weighted by molar-refractivity contribution is -0.386. The lowest BCUT2D eigenvalue weighted by Gasteiger charge is -2.15. The minimum absolute atomic E-state index is 0.00869. The van der Waals surface area contributed by atoms with Crippen LogP contribution in [0.1, 0.15) is 16.1 Å². The number of nitro groups is 1. The van der Waals surface area contributed by atoms with Gasteiger partial charge < -0.3 is 24.1 Å². The highest BCUT2D eigenvalue weighted by Crippen LogP contribution is 2.46. The largest absolute Gasteiger partial charge is 0.493 e. The first kappa shape index (κ1) is 20.6. The van der Waals surface area contributed by atoms with Gasteiger partial charge in [-0.05, 0) is 6.92 Å². The van der Waals surface area contributed by atoms with Crippen molar-refractivity contribution in [3.05, 3.63) is 57.8 Å². The number of nitro benzene ring substituents is 1. The van der Waals surface area contributed by atoms with Crippen LogP contribution in [0.15, 0.2) is 40.9 Å². The minimum atomic E-state index is -0.760. The van der Waals surface area contributed by atoms with Gasteiger partial charge in [-0.1, -0.05) is 35.5 Å². The first-order valence-corrected chi connectivity index (χ1v) is 8.73. The molecule has 0 fully saturated rings. The number of nitrogens with zero attached hydrogens (tertiary/aromatic N) is 2. The highest BCUT2D eigenvalue weighted by molar-refractivity contribution is 6.10. The van der Waals surface area contributed by atoms with Gasteiger partial charge >= 0.3 is 5.69 Å². The highest BCUT2D eigenvalue weighted by atomic mass is 16.6. The van der Waals surface area contributed by atoms with E-state index in [4.69, 9.17) is 18.7 Å². The molecule has 1 amide bonds. The van der Waals surface area contributed by atoms with Gasteiger partial charge in [0.15, 0.2) is 11.5 Å². The van der Waals surface area contributed by atoms with E-state index in [-0.39, 0.29) is 22.8 Å². The van der Waals surface area contributed by atoms with Crippen molar-refractivity contribution >= 4 is 17.3 Å². The van der Waals surface area contributed by atoms with Crippen LogP contribution in [0, 0.1) is 17.0 Å². The SMILES string of the molecule is COc1cc(C(=O)Nc2c(C)noc2-c2ccccc2)c([N+](=O)[O-])c(OC)c1OC. The molecule has 3 rings (SSSR count). The van der Waals surface area contributed by atoms with E-state index >= 15 is 0 Å². The second-order valence-corrected chi connectivity index (χ2v) is 6.09. The lowest BCUT2D eigenvalue weighted by Crippen LogP contribution is -2.16. The average Bonchev–Trinajstić information content (AvgIpc) is 3.12. The first-order valence-electron chi connectivity index (χ1n) is 8.73. The predicted molar refractivity (Wildman–Crippen MR) is 107 cm³/mol. The Balaban J connectivity index is 2.11. The summed E-state index contributed by atoms with van der Waals surface area (Å²) in [6, 6.07) is 10.3. The standard InChI is InChI=1S/C20H19N3O7/c1-11-15(17(30-22-11)12-8-6-5-7-9-12)21-20(24)13-10-14(27-2)18(28-3)19(29-4)16(13)23(25)26/h5-10H,1-4H3,(H,21,24). The molecule has 30 heavy (non-hydrogen) atoms. The Morgan fingerprint density at radius 2 is 1.77 bits per heavy atom. The number of carbonyl (C=O) groups excluding carboxylic acids is 1. The van der Waals surface area contributed by atoms with Gasteiger partial charge in [0, 0.05) is 11.6 Å².